The summed E-state index contributed by atoms with van der Waals surface area (Å²) in [5.41, 5.74) is 5.12. The van der Waals surface area contributed by atoms with Crippen LogP contribution in [0.3, 0.4) is 0 Å². The molecule has 0 atom stereocenters. The van der Waals surface area contributed by atoms with Crippen molar-refractivity contribution in [3.8, 4) is 23.3 Å². The largest absolute Gasteiger partial charge is 0.490 e. The molecule has 0 aliphatic heterocycles. The van der Waals surface area contributed by atoms with E-state index >= 15 is 0 Å². The molecule has 11 heteroatoms. The number of hydrogen-bond acceptors (Lipinski definition) is 8. The molecular formula is C18H14N4O6S. The highest BCUT2D eigenvalue weighted by Crippen LogP contribution is 2.38. The molecule has 0 saturated carbocycles. The van der Waals surface area contributed by atoms with E-state index in [1.54, 1.807) is 19.1 Å². The maximum atomic E-state index is 11.3. The molecule has 0 aliphatic rings. The van der Waals surface area contributed by atoms with Crippen molar-refractivity contribution in [1.82, 2.24) is 0 Å². The van der Waals surface area contributed by atoms with Crippen LogP contribution < -0.4 is 15.2 Å². The van der Waals surface area contributed by atoms with Gasteiger partial charge in [0.1, 0.15) is 11.1 Å². The lowest BCUT2D eigenvalue weighted by Crippen LogP contribution is -2.09. The topological polar surface area (TPSA) is 155 Å². The molecule has 0 saturated heterocycles. The van der Waals surface area contributed by atoms with E-state index in [1.165, 1.54) is 12.1 Å². The van der Waals surface area contributed by atoms with Crippen LogP contribution in [0, 0.1) is 31.6 Å². The molecule has 0 spiro atoms. The first kappa shape index (κ1) is 21.3. The minimum atomic E-state index is -0.777. The van der Waals surface area contributed by atoms with Crippen molar-refractivity contribution in [2.45, 2.75) is 6.92 Å². The van der Waals surface area contributed by atoms with Gasteiger partial charge < -0.3 is 15.2 Å². The van der Waals surface area contributed by atoms with E-state index in [4.69, 9.17) is 32.7 Å². The van der Waals surface area contributed by atoms with Gasteiger partial charge in [-0.15, -0.1) is 0 Å². The van der Waals surface area contributed by atoms with Crippen LogP contribution in [0.25, 0.3) is 6.08 Å². The summed E-state index contributed by atoms with van der Waals surface area (Å²) in [6.45, 7) is 2.00. The summed E-state index contributed by atoms with van der Waals surface area (Å²) in [4.78, 5) is 20.6. The second-order valence-electron chi connectivity index (χ2n) is 5.44. The summed E-state index contributed by atoms with van der Waals surface area (Å²) in [5.74, 6) is 0.203. The van der Waals surface area contributed by atoms with Crippen molar-refractivity contribution in [2.24, 2.45) is 5.73 Å². The molecule has 2 rings (SSSR count). The Labute approximate surface area is 170 Å². The van der Waals surface area contributed by atoms with Crippen LogP contribution in [0.4, 0.5) is 11.4 Å². The zero-order valence-corrected chi connectivity index (χ0v) is 15.8. The summed E-state index contributed by atoms with van der Waals surface area (Å²) in [6, 6.07) is 9.54. The van der Waals surface area contributed by atoms with Crippen LogP contribution in [0.2, 0.25) is 0 Å². The number of thiocarbonyl (C=S) groups is 1. The van der Waals surface area contributed by atoms with Crippen molar-refractivity contribution in [3.63, 3.8) is 0 Å². The number of nitrogens with two attached hydrogens (primary N) is 1. The van der Waals surface area contributed by atoms with E-state index in [9.17, 15) is 20.2 Å². The molecule has 2 aromatic rings. The number of nitro groups is 2. The molecule has 148 valence electrons. The fraction of sp³-hybridized carbons (Fsp3) is 0.111. The Hall–Kier alpha value is -4.04. The van der Waals surface area contributed by atoms with Crippen LogP contribution in [0.5, 0.6) is 17.2 Å². The lowest BCUT2D eigenvalue weighted by molar-refractivity contribution is -0.394. The normalized spacial score (nSPS) is 10.7. The SMILES string of the molecule is CCOc1cc(/C=C(\C#N)C(N)=S)ccc1Oc1ccc([N+](=O)[O-])cc1[N+](=O)[O-]. The third-order valence-corrected chi connectivity index (χ3v) is 3.75. The van der Waals surface area contributed by atoms with Gasteiger partial charge in [0.05, 0.1) is 28.1 Å². The number of nitriles is 1. The minimum Gasteiger partial charge on any atom is -0.490 e. The number of rotatable bonds is 8. The van der Waals surface area contributed by atoms with Crippen molar-refractivity contribution in [2.75, 3.05) is 6.61 Å². The molecule has 0 amide bonds. The highest BCUT2D eigenvalue weighted by Gasteiger charge is 2.22. The maximum Gasteiger partial charge on any atom is 0.318 e. The molecule has 0 fully saturated rings. The molecule has 0 aromatic heterocycles. The highest BCUT2D eigenvalue weighted by atomic mass is 32.1. The van der Waals surface area contributed by atoms with Gasteiger partial charge in [-0.1, -0.05) is 18.3 Å². The van der Waals surface area contributed by atoms with Gasteiger partial charge in [0.15, 0.2) is 11.5 Å². The first-order valence-electron chi connectivity index (χ1n) is 8.06. The van der Waals surface area contributed by atoms with Gasteiger partial charge >= 0.3 is 5.69 Å². The molecule has 0 bridgehead atoms. The predicted molar refractivity (Wildman–Crippen MR) is 108 cm³/mol. The highest BCUT2D eigenvalue weighted by molar-refractivity contribution is 7.80. The predicted octanol–water partition coefficient (Wildman–Crippen LogP) is 3.89. The molecule has 29 heavy (non-hydrogen) atoms. The van der Waals surface area contributed by atoms with Gasteiger partial charge in [-0.3, -0.25) is 20.2 Å². The number of non-ortho nitro benzene ring substituents is 1. The fourth-order valence-electron chi connectivity index (χ4n) is 2.26. The van der Waals surface area contributed by atoms with Crippen LogP contribution in [-0.2, 0) is 0 Å². The van der Waals surface area contributed by atoms with Crippen LogP contribution in [0.1, 0.15) is 12.5 Å². The third-order valence-electron chi connectivity index (χ3n) is 3.53. The second-order valence-corrected chi connectivity index (χ2v) is 5.88. The Kier molecular flexibility index (Phi) is 6.78. The average Bonchev–Trinajstić information content (AvgIpc) is 2.67. The van der Waals surface area contributed by atoms with Crippen molar-refractivity contribution in [1.29, 1.82) is 5.26 Å². The fourth-order valence-corrected chi connectivity index (χ4v) is 2.36. The Bertz CT molecular complexity index is 1060. The summed E-state index contributed by atoms with van der Waals surface area (Å²) >= 11 is 4.80. The average molecular weight is 414 g/mol. The van der Waals surface area contributed by atoms with Crippen LogP contribution >= 0.6 is 12.2 Å². The van der Waals surface area contributed by atoms with Gasteiger partial charge in [0, 0.05) is 6.07 Å². The number of ether oxygens (including phenoxy) is 2. The van der Waals surface area contributed by atoms with Crippen LogP contribution in [0.15, 0.2) is 42.0 Å². The minimum absolute atomic E-state index is 0.0627. The first-order chi connectivity index (χ1) is 13.8. The maximum absolute atomic E-state index is 11.3. The standard InChI is InChI=1S/C18H14N4O6S/c1-2-27-17-8-11(7-12(10-19)18(20)29)3-5-16(17)28-15-6-4-13(21(23)24)9-14(15)22(25)26/h3-9H,2H2,1H3,(H2,20,29)/b12-7+. The molecule has 0 heterocycles. The smallest absolute Gasteiger partial charge is 0.318 e. The van der Waals surface area contributed by atoms with E-state index < -0.39 is 21.2 Å². The van der Waals surface area contributed by atoms with Gasteiger partial charge in [-0.25, -0.2) is 0 Å². The summed E-state index contributed by atoms with van der Waals surface area (Å²) < 4.78 is 11.1. The van der Waals surface area contributed by atoms with Crippen molar-refractivity contribution >= 4 is 34.7 Å². The van der Waals surface area contributed by atoms with Crippen LogP contribution in [-0.4, -0.2) is 21.4 Å². The molecule has 2 aromatic carbocycles. The second kappa shape index (κ2) is 9.25. The molecule has 2 N–H and O–H groups in total. The number of nitrogens with zero attached hydrogens (tertiary/aromatic N) is 3. The van der Waals surface area contributed by atoms with Gasteiger partial charge in [-0.05, 0) is 36.8 Å². The summed E-state index contributed by atoms with van der Waals surface area (Å²) in [5, 5.41) is 31.2. The monoisotopic (exact) mass is 414 g/mol. The lowest BCUT2D eigenvalue weighted by Gasteiger charge is -2.12. The van der Waals surface area contributed by atoms with Gasteiger partial charge in [0.25, 0.3) is 5.69 Å². The third kappa shape index (κ3) is 5.24. The molecular weight excluding hydrogens is 400 g/mol. The summed E-state index contributed by atoms with van der Waals surface area (Å²) in [7, 11) is 0. The number of hydrogen-bond donors (Lipinski definition) is 1. The van der Waals surface area contributed by atoms with Gasteiger partial charge in [-0.2, -0.15) is 5.26 Å². The van der Waals surface area contributed by atoms with Crippen molar-refractivity contribution < 1.29 is 19.3 Å². The Morgan fingerprint density at radius 1 is 1.17 bits per heavy atom. The lowest BCUT2D eigenvalue weighted by atomic mass is 10.1. The van der Waals surface area contributed by atoms with Crippen molar-refractivity contribution in [3.05, 3.63) is 67.8 Å². The van der Waals surface area contributed by atoms with E-state index in [0.717, 1.165) is 18.2 Å². The molecule has 0 aliphatic carbocycles. The molecule has 0 radical (unpaired) electrons. The van der Waals surface area contributed by atoms with Gasteiger partial charge in [0.2, 0.25) is 5.75 Å². The Morgan fingerprint density at radius 3 is 2.41 bits per heavy atom. The van der Waals surface area contributed by atoms with E-state index in [2.05, 4.69) is 0 Å². The summed E-state index contributed by atoms with van der Waals surface area (Å²) in [6.07, 6.45) is 1.46. The van der Waals surface area contributed by atoms with E-state index in [-0.39, 0.29) is 34.4 Å². The number of nitro benzene ring substituents is 2. The zero-order chi connectivity index (χ0) is 21.6. The molecule has 10 nitrogen and oxygen atoms in total. The quantitative estimate of drug-likeness (QED) is 0.223. The Morgan fingerprint density at radius 2 is 1.86 bits per heavy atom. The first-order valence-corrected chi connectivity index (χ1v) is 8.46. The zero-order valence-electron chi connectivity index (χ0n) is 15.0. The van der Waals surface area contributed by atoms with E-state index in [0.29, 0.717) is 5.56 Å². The molecule has 0 unspecified atom stereocenters. The number of benzene rings is 2. The Balaban J connectivity index is 2.48. The van der Waals surface area contributed by atoms with E-state index in [1.807, 2.05) is 6.07 Å².